The Morgan fingerprint density at radius 3 is 2.33 bits per heavy atom. The summed E-state index contributed by atoms with van der Waals surface area (Å²) in [5.74, 6) is 2.33. The Kier molecular flexibility index (Phi) is 2.81. The normalized spacial score (nSPS) is 20.7. The first-order valence-corrected chi connectivity index (χ1v) is 6.14. The molecule has 0 fully saturated rings. The summed E-state index contributed by atoms with van der Waals surface area (Å²) in [6, 6.07) is 0. The third-order valence-corrected chi connectivity index (χ3v) is 4.12. The van der Waals surface area contributed by atoms with Gasteiger partial charge >= 0.3 is 63.4 Å². The van der Waals surface area contributed by atoms with Crippen molar-refractivity contribution in [3.8, 4) is 0 Å². The molecule has 0 aromatic carbocycles. The van der Waals surface area contributed by atoms with Gasteiger partial charge in [-0.15, -0.1) is 0 Å². The van der Waals surface area contributed by atoms with E-state index in [1.54, 1.807) is 10.0 Å². The van der Waals surface area contributed by atoms with E-state index < -0.39 is 0 Å². The molecule has 9 heavy (non-hydrogen) atoms. The Morgan fingerprint density at radius 2 is 1.89 bits per heavy atom. The molecule has 0 radical (unpaired) electrons. The van der Waals surface area contributed by atoms with Gasteiger partial charge in [0.05, 0.1) is 0 Å². The molecule has 1 aliphatic carbocycles. The topological polar surface area (TPSA) is 0 Å². The van der Waals surface area contributed by atoms with Crippen LogP contribution >= 0.6 is 0 Å². The van der Waals surface area contributed by atoms with Gasteiger partial charge in [-0.25, -0.2) is 0 Å². The molecule has 0 unspecified atom stereocenters. The first kappa shape index (κ1) is 7.37. The van der Waals surface area contributed by atoms with E-state index in [2.05, 4.69) is 12.7 Å². The average Bonchev–Trinajstić information content (AvgIpc) is 1.89. The molecular formula is C8H14Se. The fraction of sp³-hybridized carbons (Fsp3) is 0.750. The van der Waals surface area contributed by atoms with Crippen LogP contribution in [0.4, 0.5) is 0 Å². The molecule has 0 aromatic rings. The van der Waals surface area contributed by atoms with Gasteiger partial charge < -0.3 is 0 Å². The Morgan fingerprint density at radius 1 is 1.22 bits per heavy atom. The van der Waals surface area contributed by atoms with E-state index in [0.717, 1.165) is 15.0 Å². The van der Waals surface area contributed by atoms with Gasteiger partial charge in [-0.1, -0.05) is 0 Å². The van der Waals surface area contributed by atoms with Crippen LogP contribution in [0.15, 0.2) is 10.0 Å². The fourth-order valence-corrected chi connectivity index (χ4v) is 2.98. The van der Waals surface area contributed by atoms with Crippen molar-refractivity contribution in [1.82, 2.24) is 0 Å². The summed E-state index contributed by atoms with van der Waals surface area (Å²) in [6.45, 7) is 2.31. The molecule has 0 saturated carbocycles. The van der Waals surface area contributed by atoms with E-state index in [1.165, 1.54) is 25.7 Å². The van der Waals surface area contributed by atoms with Crippen LogP contribution in [0.3, 0.4) is 0 Å². The van der Waals surface area contributed by atoms with Crippen LogP contribution in [0.5, 0.6) is 0 Å². The summed E-state index contributed by atoms with van der Waals surface area (Å²) in [5, 5.41) is 0. The Bertz CT molecular complexity index is 125. The quantitative estimate of drug-likeness (QED) is 0.556. The Labute approximate surface area is 63.9 Å². The van der Waals surface area contributed by atoms with Crippen molar-refractivity contribution < 1.29 is 0 Å². The molecule has 0 aliphatic heterocycles. The molecule has 0 heterocycles. The second-order valence-corrected chi connectivity index (χ2v) is 4.51. The summed E-state index contributed by atoms with van der Waals surface area (Å²) in [7, 11) is 0. The number of allylic oxidation sites excluding steroid dienone is 2. The molecule has 0 bridgehead atoms. The molecule has 1 aliphatic rings. The van der Waals surface area contributed by atoms with Gasteiger partial charge in [-0.05, 0) is 0 Å². The Hall–Kier alpha value is 0.259. The molecule has 0 nitrogen and oxygen atoms in total. The van der Waals surface area contributed by atoms with Gasteiger partial charge in [0.1, 0.15) is 0 Å². The molecular weight excluding hydrogens is 175 g/mol. The Balaban J connectivity index is 2.59. The molecule has 0 saturated heterocycles. The average molecular weight is 189 g/mol. The van der Waals surface area contributed by atoms with Crippen molar-refractivity contribution in [3.63, 3.8) is 0 Å². The number of hydrogen-bond acceptors (Lipinski definition) is 0. The summed E-state index contributed by atoms with van der Waals surface area (Å²) in [6.07, 6.45) is 5.67. The molecule has 0 spiro atoms. The van der Waals surface area contributed by atoms with E-state index in [-0.39, 0.29) is 0 Å². The van der Waals surface area contributed by atoms with Crippen LogP contribution in [-0.4, -0.2) is 15.0 Å². The van der Waals surface area contributed by atoms with Crippen molar-refractivity contribution in [1.29, 1.82) is 0 Å². The van der Waals surface area contributed by atoms with Gasteiger partial charge in [0.25, 0.3) is 0 Å². The van der Waals surface area contributed by atoms with Crippen LogP contribution in [0.2, 0.25) is 5.82 Å². The minimum absolute atomic E-state index is 0.796. The standard InChI is InChI=1S/C8H14Se/c1-7-5-3-4-6-8(7)9-2/h3-6H2,1-2H3. The predicted molar refractivity (Wildman–Crippen MR) is 42.8 cm³/mol. The van der Waals surface area contributed by atoms with E-state index >= 15 is 0 Å². The summed E-state index contributed by atoms with van der Waals surface area (Å²) < 4.78 is 1.79. The van der Waals surface area contributed by atoms with Crippen molar-refractivity contribution in [2.45, 2.75) is 38.4 Å². The van der Waals surface area contributed by atoms with Crippen LogP contribution in [-0.2, 0) is 0 Å². The first-order chi connectivity index (χ1) is 4.34. The number of rotatable bonds is 1. The van der Waals surface area contributed by atoms with Gasteiger partial charge in [0, 0.05) is 0 Å². The van der Waals surface area contributed by atoms with Crippen molar-refractivity contribution >= 4 is 15.0 Å². The fourth-order valence-electron chi connectivity index (χ4n) is 1.30. The van der Waals surface area contributed by atoms with E-state index in [4.69, 9.17) is 0 Å². The zero-order valence-corrected chi connectivity index (χ0v) is 7.95. The molecule has 0 amide bonds. The molecule has 1 heteroatoms. The first-order valence-electron chi connectivity index (χ1n) is 3.57. The van der Waals surface area contributed by atoms with Crippen LogP contribution in [0.25, 0.3) is 0 Å². The molecule has 0 atom stereocenters. The van der Waals surface area contributed by atoms with E-state index in [1.807, 2.05) is 0 Å². The summed E-state index contributed by atoms with van der Waals surface area (Å²) >= 11 is 0.796. The van der Waals surface area contributed by atoms with Crippen molar-refractivity contribution in [3.05, 3.63) is 10.0 Å². The maximum absolute atomic E-state index is 2.33. The second kappa shape index (κ2) is 3.43. The minimum atomic E-state index is 0.796. The van der Waals surface area contributed by atoms with Crippen LogP contribution < -0.4 is 0 Å². The third-order valence-electron chi connectivity index (χ3n) is 1.93. The van der Waals surface area contributed by atoms with Gasteiger partial charge in [-0.2, -0.15) is 0 Å². The van der Waals surface area contributed by atoms with Gasteiger partial charge in [0.2, 0.25) is 0 Å². The van der Waals surface area contributed by atoms with Crippen LogP contribution in [0.1, 0.15) is 32.6 Å². The maximum atomic E-state index is 2.33. The zero-order chi connectivity index (χ0) is 6.69. The van der Waals surface area contributed by atoms with Gasteiger partial charge in [0.15, 0.2) is 0 Å². The second-order valence-electron chi connectivity index (χ2n) is 2.61. The summed E-state index contributed by atoms with van der Waals surface area (Å²) in [5.41, 5.74) is 1.70. The molecule has 0 aromatic heterocycles. The summed E-state index contributed by atoms with van der Waals surface area (Å²) in [4.78, 5) is 0. The zero-order valence-electron chi connectivity index (χ0n) is 6.24. The molecule has 0 N–H and O–H groups in total. The van der Waals surface area contributed by atoms with E-state index in [9.17, 15) is 0 Å². The molecule has 1 rings (SSSR count). The molecule has 52 valence electrons. The van der Waals surface area contributed by atoms with Crippen molar-refractivity contribution in [2.75, 3.05) is 0 Å². The third kappa shape index (κ3) is 1.84. The number of hydrogen-bond donors (Lipinski definition) is 0. The predicted octanol–water partition coefficient (Wildman–Crippen LogP) is 2.59. The van der Waals surface area contributed by atoms with Gasteiger partial charge in [-0.3, -0.25) is 0 Å². The monoisotopic (exact) mass is 190 g/mol. The van der Waals surface area contributed by atoms with Crippen LogP contribution in [0, 0.1) is 0 Å². The SMILES string of the molecule is C[Se]C1=C(C)CCCC1. The van der Waals surface area contributed by atoms with Crippen molar-refractivity contribution in [2.24, 2.45) is 0 Å². The van der Waals surface area contributed by atoms with E-state index in [0.29, 0.717) is 0 Å².